The number of esters is 1. The van der Waals surface area contributed by atoms with Crippen LogP contribution >= 0.6 is 0 Å². The van der Waals surface area contributed by atoms with Crippen molar-refractivity contribution in [2.24, 2.45) is 5.16 Å². The maximum atomic E-state index is 10.8. The number of hydrogen-bond acceptors (Lipinski definition) is 4. The molecule has 11 heavy (non-hydrogen) atoms. The Morgan fingerprint density at radius 2 is 2.45 bits per heavy atom. The molecule has 0 N–H and O–H groups in total. The Kier molecular flexibility index (Phi) is 2.43. The van der Waals surface area contributed by atoms with E-state index in [4.69, 9.17) is 0 Å². The Hall–Kier alpha value is -1.58. The molecule has 0 spiro atoms. The highest BCUT2D eigenvalue weighted by Crippen LogP contribution is 2.02. The minimum Gasteiger partial charge on any atom is -0.463 e. The van der Waals surface area contributed by atoms with E-state index in [2.05, 4.69) is 14.7 Å². The van der Waals surface area contributed by atoms with Gasteiger partial charge in [0.1, 0.15) is 0 Å². The van der Waals surface area contributed by atoms with Crippen molar-refractivity contribution in [1.82, 2.24) is 0 Å². The lowest BCUT2D eigenvalue weighted by Gasteiger charge is -1.98. The van der Waals surface area contributed by atoms with E-state index in [0.717, 1.165) is 0 Å². The molecule has 1 aliphatic rings. The first-order chi connectivity index (χ1) is 5.34. The molecule has 0 fully saturated rings. The van der Waals surface area contributed by atoms with Crippen molar-refractivity contribution in [3.63, 3.8) is 0 Å². The van der Waals surface area contributed by atoms with Crippen molar-refractivity contribution in [3.05, 3.63) is 24.0 Å². The zero-order valence-corrected chi connectivity index (χ0v) is 5.98. The molecule has 58 valence electrons. The number of allylic oxidation sites excluding steroid dienone is 3. The first kappa shape index (κ1) is 7.53. The summed E-state index contributed by atoms with van der Waals surface area (Å²) in [6.45, 7) is 0. The van der Waals surface area contributed by atoms with Crippen LogP contribution in [0.5, 0.6) is 0 Å². The molecule has 4 heteroatoms. The number of ether oxygens (including phenoxy) is 1. The van der Waals surface area contributed by atoms with E-state index in [1.807, 2.05) is 0 Å². The van der Waals surface area contributed by atoms with Crippen molar-refractivity contribution in [2.75, 3.05) is 7.11 Å². The fourth-order valence-electron chi connectivity index (χ4n) is 0.551. The van der Waals surface area contributed by atoms with E-state index in [-0.39, 0.29) is 5.76 Å². The summed E-state index contributed by atoms with van der Waals surface area (Å²) in [7, 11) is 1.28. The molecule has 0 atom stereocenters. The predicted molar refractivity (Wildman–Crippen MR) is 38.8 cm³/mol. The molecule has 0 radical (unpaired) electrons. The molecule has 0 unspecified atom stereocenters. The lowest BCUT2D eigenvalue weighted by atomic mass is 10.4. The Bertz CT molecular complexity index is 240. The highest BCUT2D eigenvalue weighted by molar-refractivity contribution is 5.87. The highest BCUT2D eigenvalue weighted by Gasteiger charge is 2.10. The third-order valence-corrected chi connectivity index (χ3v) is 1.04. The van der Waals surface area contributed by atoms with Gasteiger partial charge in [0.05, 0.1) is 13.3 Å². The monoisotopic (exact) mass is 153 g/mol. The van der Waals surface area contributed by atoms with Gasteiger partial charge in [-0.3, -0.25) is 0 Å². The lowest BCUT2D eigenvalue weighted by Crippen LogP contribution is -2.05. The smallest absolute Gasteiger partial charge is 0.376 e. The van der Waals surface area contributed by atoms with Crippen LogP contribution in [0.4, 0.5) is 0 Å². The molecule has 4 nitrogen and oxygen atoms in total. The van der Waals surface area contributed by atoms with Crippen molar-refractivity contribution in [3.8, 4) is 0 Å². The Morgan fingerprint density at radius 3 is 3.18 bits per heavy atom. The van der Waals surface area contributed by atoms with E-state index in [9.17, 15) is 4.79 Å². The number of nitrogens with zero attached hydrogens (tertiary/aromatic N) is 1. The van der Waals surface area contributed by atoms with Crippen LogP contribution < -0.4 is 0 Å². The van der Waals surface area contributed by atoms with E-state index in [0.29, 0.717) is 0 Å². The van der Waals surface area contributed by atoms with Crippen molar-refractivity contribution in [2.45, 2.75) is 0 Å². The first-order valence-corrected chi connectivity index (χ1v) is 3.00. The normalized spacial score (nSPS) is 14.8. The third-order valence-electron chi connectivity index (χ3n) is 1.04. The van der Waals surface area contributed by atoms with Crippen LogP contribution in [0.1, 0.15) is 0 Å². The number of hydrogen-bond donors (Lipinski definition) is 0. The van der Waals surface area contributed by atoms with E-state index in [1.165, 1.54) is 19.4 Å². The van der Waals surface area contributed by atoms with Crippen LogP contribution in [-0.4, -0.2) is 19.3 Å². The maximum absolute atomic E-state index is 10.8. The van der Waals surface area contributed by atoms with Gasteiger partial charge in [0.15, 0.2) is 0 Å². The second kappa shape index (κ2) is 3.55. The summed E-state index contributed by atoms with van der Waals surface area (Å²) in [6, 6.07) is 0. The van der Waals surface area contributed by atoms with Crippen LogP contribution in [0.15, 0.2) is 29.1 Å². The first-order valence-electron chi connectivity index (χ1n) is 3.00. The third kappa shape index (κ3) is 1.93. The molecule has 0 amide bonds. The van der Waals surface area contributed by atoms with E-state index in [1.54, 1.807) is 12.2 Å². The van der Waals surface area contributed by atoms with Gasteiger partial charge in [-0.2, -0.15) is 0 Å². The van der Waals surface area contributed by atoms with Gasteiger partial charge in [-0.05, 0) is 12.2 Å². The van der Waals surface area contributed by atoms with Crippen molar-refractivity contribution in [1.29, 1.82) is 0 Å². The fraction of sp³-hybridized carbons (Fsp3) is 0.143. The van der Waals surface area contributed by atoms with Gasteiger partial charge in [-0.25, -0.2) is 4.79 Å². The number of carbonyl (C=O) groups is 1. The van der Waals surface area contributed by atoms with Crippen LogP contribution in [0, 0.1) is 0 Å². The molecule has 0 aromatic heterocycles. The lowest BCUT2D eigenvalue weighted by molar-refractivity contribution is -0.140. The van der Waals surface area contributed by atoms with Gasteiger partial charge in [-0.1, -0.05) is 11.2 Å². The van der Waals surface area contributed by atoms with Crippen LogP contribution in [0.25, 0.3) is 0 Å². The topological polar surface area (TPSA) is 47.9 Å². The van der Waals surface area contributed by atoms with Gasteiger partial charge in [0.25, 0.3) is 0 Å². The van der Waals surface area contributed by atoms with Gasteiger partial charge in [0, 0.05) is 0 Å². The van der Waals surface area contributed by atoms with Gasteiger partial charge >= 0.3 is 5.97 Å². The molecule has 1 rings (SSSR count). The Morgan fingerprint density at radius 1 is 1.64 bits per heavy atom. The average molecular weight is 153 g/mol. The Balaban J connectivity index is 2.72. The molecule has 0 aromatic rings. The molecule has 0 bridgehead atoms. The molecule has 0 aromatic carbocycles. The largest absolute Gasteiger partial charge is 0.463 e. The molecule has 0 saturated carbocycles. The summed E-state index contributed by atoms with van der Waals surface area (Å²) in [5.74, 6) is -0.453. The van der Waals surface area contributed by atoms with Crippen LogP contribution in [0.3, 0.4) is 0 Å². The number of methoxy groups -OCH3 is 1. The molecular weight excluding hydrogens is 146 g/mol. The van der Waals surface area contributed by atoms with Crippen LogP contribution in [-0.2, 0) is 14.4 Å². The average Bonchev–Trinajstić information content (AvgIpc) is 2.30. The zero-order chi connectivity index (χ0) is 8.10. The number of carbonyl (C=O) groups excluding carboxylic acids is 1. The van der Waals surface area contributed by atoms with Crippen molar-refractivity contribution < 1.29 is 14.4 Å². The van der Waals surface area contributed by atoms with Gasteiger partial charge in [0.2, 0.25) is 5.76 Å². The van der Waals surface area contributed by atoms with Gasteiger partial charge in [-0.15, -0.1) is 0 Å². The molecule has 0 saturated heterocycles. The summed E-state index contributed by atoms with van der Waals surface area (Å²) in [5.41, 5.74) is 0. The Labute approximate surface area is 63.8 Å². The number of oxime groups is 1. The van der Waals surface area contributed by atoms with E-state index < -0.39 is 5.97 Å². The summed E-state index contributed by atoms with van der Waals surface area (Å²) >= 11 is 0. The molecule has 0 aliphatic carbocycles. The highest BCUT2D eigenvalue weighted by atomic mass is 16.7. The zero-order valence-electron chi connectivity index (χ0n) is 5.98. The fourth-order valence-corrected chi connectivity index (χ4v) is 0.551. The quantitative estimate of drug-likeness (QED) is 0.518. The summed E-state index contributed by atoms with van der Waals surface area (Å²) < 4.78 is 4.41. The summed E-state index contributed by atoms with van der Waals surface area (Å²) in [4.78, 5) is 15.4. The SMILES string of the molecule is COC(=O)C1=CC=CC=NO1. The minimum absolute atomic E-state index is 0.0810. The second-order valence-electron chi connectivity index (χ2n) is 1.75. The van der Waals surface area contributed by atoms with Crippen molar-refractivity contribution >= 4 is 12.2 Å². The maximum Gasteiger partial charge on any atom is 0.376 e. The number of rotatable bonds is 1. The second-order valence-corrected chi connectivity index (χ2v) is 1.75. The van der Waals surface area contributed by atoms with Gasteiger partial charge < -0.3 is 9.57 Å². The van der Waals surface area contributed by atoms with Crippen LogP contribution in [0.2, 0.25) is 0 Å². The molecular formula is C7H7NO3. The molecule has 1 aliphatic heterocycles. The standard InChI is InChI=1S/C7H7NO3/c1-10-7(9)6-4-2-3-5-8-11-6/h2-5H,1H3. The summed E-state index contributed by atoms with van der Waals surface area (Å²) in [5, 5.41) is 3.44. The van der Waals surface area contributed by atoms with E-state index >= 15 is 0 Å². The minimum atomic E-state index is -0.534. The predicted octanol–water partition coefficient (Wildman–Crippen LogP) is 0.615. The summed E-state index contributed by atoms with van der Waals surface area (Å²) in [6.07, 6.45) is 6.21. The molecule has 1 heterocycles.